The smallest absolute Gasteiger partial charge is 0.120 e. The summed E-state index contributed by atoms with van der Waals surface area (Å²) in [7, 11) is 0. The molecule has 2 nitrogen and oxygen atoms in total. The van der Waals surface area contributed by atoms with Gasteiger partial charge in [0.15, 0.2) is 0 Å². The molecule has 0 saturated heterocycles. The number of carbonyl (C=O) groups excluding carboxylic acids is 1. The zero-order chi connectivity index (χ0) is 14.0. The molecule has 0 amide bonds. The van der Waals surface area contributed by atoms with E-state index in [1.165, 1.54) is 16.7 Å². The summed E-state index contributed by atoms with van der Waals surface area (Å²) in [6.07, 6.45) is 3.44. The van der Waals surface area contributed by atoms with Gasteiger partial charge in [0, 0.05) is 12.1 Å². The Balaban J connectivity index is 2.31. The number of carbonyl (C=O) groups is 1. The molecular formula is C17H23NO. The minimum atomic E-state index is 0.192. The molecule has 1 aromatic carbocycles. The average Bonchev–Trinajstić information content (AvgIpc) is 2.34. The van der Waals surface area contributed by atoms with E-state index in [-0.39, 0.29) is 5.41 Å². The Kier molecular flexibility index (Phi) is 3.88. The molecule has 1 heterocycles. The van der Waals surface area contributed by atoms with Crippen LogP contribution >= 0.6 is 0 Å². The second-order valence-corrected chi connectivity index (χ2v) is 6.50. The lowest BCUT2D eigenvalue weighted by Crippen LogP contribution is -2.31. The van der Waals surface area contributed by atoms with E-state index in [9.17, 15) is 4.79 Å². The second-order valence-electron chi connectivity index (χ2n) is 6.50. The first-order valence-corrected chi connectivity index (χ1v) is 7.02. The van der Waals surface area contributed by atoms with Gasteiger partial charge in [-0.2, -0.15) is 0 Å². The number of rotatable bonds is 3. The summed E-state index contributed by atoms with van der Waals surface area (Å²) in [6, 6.07) is 6.89. The molecule has 0 fully saturated rings. The van der Waals surface area contributed by atoms with Crippen molar-refractivity contribution >= 4 is 12.0 Å². The Morgan fingerprint density at radius 2 is 2.11 bits per heavy atom. The van der Waals surface area contributed by atoms with Gasteiger partial charge in [-0.1, -0.05) is 39.0 Å². The summed E-state index contributed by atoms with van der Waals surface area (Å²) in [5, 5.41) is 0. The molecule has 1 aliphatic rings. The van der Waals surface area contributed by atoms with Crippen LogP contribution in [0.5, 0.6) is 0 Å². The quantitative estimate of drug-likeness (QED) is 0.761. The summed E-state index contributed by atoms with van der Waals surface area (Å²) in [6.45, 7) is 8.84. The van der Waals surface area contributed by atoms with Crippen molar-refractivity contribution in [2.24, 2.45) is 10.4 Å². The lowest BCUT2D eigenvalue weighted by molar-refractivity contribution is -0.107. The minimum absolute atomic E-state index is 0.192. The van der Waals surface area contributed by atoms with E-state index in [1.807, 2.05) is 0 Å². The Hall–Kier alpha value is -1.44. The lowest BCUT2D eigenvalue weighted by Gasteiger charge is -2.32. The monoisotopic (exact) mass is 257 g/mol. The molecule has 0 bridgehead atoms. The SMILES string of the molecule is CC1=NC(C(C)(C)C)Cc2cc(CCC=O)ccc21. The van der Waals surface area contributed by atoms with Gasteiger partial charge in [0.05, 0.1) is 6.04 Å². The van der Waals surface area contributed by atoms with Crippen LogP contribution in [0.2, 0.25) is 0 Å². The van der Waals surface area contributed by atoms with Crippen LogP contribution in [0, 0.1) is 5.41 Å². The number of aliphatic imine (C=N–C) groups is 1. The standard InChI is InChI=1S/C17H23NO/c1-12-15-8-7-13(6-5-9-19)10-14(15)11-16(18-12)17(2,3)4/h7-10,16H,5-6,11H2,1-4H3. The predicted octanol–water partition coefficient (Wildman–Crippen LogP) is 3.60. The predicted molar refractivity (Wildman–Crippen MR) is 80.0 cm³/mol. The maximum Gasteiger partial charge on any atom is 0.120 e. The number of benzene rings is 1. The van der Waals surface area contributed by atoms with E-state index in [0.717, 1.165) is 24.8 Å². The number of hydrogen-bond donors (Lipinski definition) is 0. The molecule has 1 aromatic rings. The topological polar surface area (TPSA) is 29.4 Å². The Labute approximate surface area is 115 Å². The first-order valence-electron chi connectivity index (χ1n) is 7.02. The van der Waals surface area contributed by atoms with E-state index in [2.05, 4.69) is 45.9 Å². The number of aldehydes is 1. The van der Waals surface area contributed by atoms with Crippen molar-refractivity contribution in [2.45, 2.75) is 53.0 Å². The second kappa shape index (κ2) is 5.28. The van der Waals surface area contributed by atoms with E-state index in [4.69, 9.17) is 4.99 Å². The maximum atomic E-state index is 10.5. The van der Waals surface area contributed by atoms with Gasteiger partial charge < -0.3 is 4.79 Å². The van der Waals surface area contributed by atoms with Gasteiger partial charge >= 0.3 is 0 Å². The van der Waals surface area contributed by atoms with E-state index < -0.39 is 0 Å². The summed E-state index contributed by atoms with van der Waals surface area (Å²) >= 11 is 0. The van der Waals surface area contributed by atoms with Crippen LogP contribution in [0.3, 0.4) is 0 Å². The van der Waals surface area contributed by atoms with Crippen LogP contribution in [-0.4, -0.2) is 18.0 Å². The van der Waals surface area contributed by atoms with Crippen molar-refractivity contribution < 1.29 is 4.79 Å². The van der Waals surface area contributed by atoms with Gasteiger partial charge in [0.25, 0.3) is 0 Å². The fraction of sp³-hybridized carbons (Fsp3) is 0.529. The van der Waals surface area contributed by atoms with Crippen molar-refractivity contribution in [2.75, 3.05) is 0 Å². The van der Waals surface area contributed by atoms with Crippen molar-refractivity contribution in [1.82, 2.24) is 0 Å². The molecule has 0 saturated carbocycles. The van der Waals surface area contributed by atoms with Crippen molar-refractivity contribution in [3.8, 4) is 0 Å². The van der Waals surface area contributed by atoms with Crippen molar-refractivity contribution in [1.29, 1.82) is 0 Å². The third kappa shape index (κ3) is 3.12. The van der Waals surface area contributed by atoms with Crippen LogP contribution in [0.4, 0.5) is 0 Å². The summed E-state index contributed by atoms with van der Waals surface area (Å²) in [4.78, 5) is 15.3. The Bertz CT molecular complexity index is 508. The third-order valence-electron chi connectivity index (χ3n) is 3.87. The Morgan fingerprint density at radius 3 is 2.74 bits per heavy atom. The zero-order valence-corrected chi connectivity index (χ0v) is 12.4. The summed E-state index contributed by atoms with van der Waals surface area (Å²) < 4.78 is 0. The molecular weight excluding hydrogens is 234 g/mol. The third-order valence-corrected chi connectivity index (χ3v) is 3.87. The van der Waals surface area contributed by atoms with Gasteiger partial charge in [-0.05, 0) is 41.9 Å². The molecule has 2 rings (SSSR count). The molecule has 1 unspecified atom stereocenters. The first-order chi connectivity index (χ1) is 8.91. The van der Waals surface area contributed by atoms with Gasteiger partial charge in [-0.3, -0.25) is 4.99 Å². The fourth-order valence-corrected chi connectivity index (χ4v) is 2.61. The first kappa shape index (κ1) is 14.0. The molecule has 0 N–H and O–H groups in total. The normalized spacial score (nSPS) is 18.7. The van der Waals surface area contributed by atoms with Gasteiger partial charge in [0.2, 0.25) is 0 Å². The highest BCUT2D eigenvalue weighted by molar-refractivity contribution is 6.01. The highest BCUT2D eigenvalue weighted by Gasteiger charge is 2.28. The fourth-order valence-electron chi connectivity index (χ4n) is 2.61. The minimum Gasteiger partial charge on any atom is -0.303 e. The molecule has 2 heteroatoms. The van der Waals surface area contributed by atoms with E-state index in [0.29, 0.717) is 12.5 Å². The molecule has 0 radical (unpaired) electrons. The summed E-state index contributed by atoms with van der Waals surface area (Å²) in [5.74, 6) is 0. The molecule has 0 aromatic heterocycles. The number of aryl methyl sites for hydroxylation is 1. The molecule has 19 heavy (non-hydrogen) atoms. The van der Waals surface area contributed by atoms with Gasteiger partial charge in [0.1, 0.15) is 6.29 Å². The molecule has 1 aliphatic heterocycles. The maximum absolute atomic E-state index is 10.5. The zero-order valence-electron chi connectivity index (χ0n) is 12.4. The molecule has 102 valence electrons. The highest BCUT2D eigenvalue weighted by Crippen LogP contribution is 2.31. The van der Waals surface area contributed by atoms with Crippen molar-refractivity contribution in [3.63, 3.8) is 0 Å². The van der Waals surface area contributed by atoms with Crippen LogP contribution in [0.25, 0.3) is 0 Å². The van der Waals surface area contributed by atoms with Crippen LogP contribution in [0.15, 0.2) is 23.2 Å². The summed E-state index contributed by atoms with van der Waals surface area (Å²) in [5.41, 5.74) is 5.25. The lowest BCUT2D eigenvalue weighted by atomic mass is 9.80. The van der Waals surface area contributed by atoms with Gasteiger partial charge in [-0.15, -0.1) is 0 Å². The van der Waals surface area contributed by atoms with Gasteiger partial charge in [-0.25, -0.2) is 0 Å². The van der Waals surface area contributed by atoms with E-state index in [1.54, 1.807) is 0 Å². The van der Waals surface area contributed by atoms with Crippen molar-refractivity contribution in [3.05, 3.63) is 34.9 Å². The number of hydrogen-bond acceptors (Lipinski definition) is 2. The number of fused-ring (bicyclic) bond motifs is 1. The molecule has 0 aliphatic carbocycles. The van der Waals surface area contributed by atoms with Crippen LogP contribution in [0.1, 0.15) is 50.8 Å². The van der Waals surface area contributed by atoms with Crippen LogP contribution in [-0.2, 0) is 17.6 Å². The van der Waals surface area contributed by atoms with E-state index >= 15 is 0 Å². The average molecular weight is 257 g/mol. The van der Waals surface area contributed by atoms with Crippen LogP contribution < -0.4 is 0 Å². The number of nitrogens with zero attached hydrogens (tertiary/aromatic N) is 1. The Morgan fingerprint density at radius 1 is 1.37 bits per heavy atom. The largest absolute Gasteiger partial charge is 0.303 e. The molecule has 1 atom stereocenters. The highest BCUT2D eigenvalue weighted by atomic mass is 16.1. The molecule has 0 spiro atoms.